The summed E-state index contributed by atoms with van der Waals surface area (Å²) in [6, 6.07) is 5.78. The molecule has 20 heavy (non-hydrogen) atoms. The largest absolute Gasteiger partial charge is 0.507 e. The number of carbonyl (C=O) groups is 1. The first kappa shape index (κ1) is 16.5. The molecule has 1 rings (SSSR count). The molecule has 1 aromatic rings. The summed E-state index contributed by atoms with van der Waals surface area (Å²) >= 11 is 0. The van der Waals surface area contributed by atoms with Crippen LogP contribution in [0.4, 0.5) is 0 Å². The van der Waals surface area contributed by atoms with E-state index in [1.807, 2.05) is 32.0 Å². The first-order chi connectivity index (χ1) is 9.51. The second-order valence-electron chi connectivity index (χ2n) is 5.44. The fourth-order valence-electron chi connectivity index (χ4n) is 2.15. The molecule has 1 aromatic carbocycles. The summed E-state index contributed by atoms with van der Waals surface area (Å²) in [5.41, 5.74) is 1.78. The molecule has 0 radical (unpaired) electrons. The highest BCUT2D eigenvalue weighted by atomic mass is 16.5. The minimum Gasteiger partial charge on any atom is -0.507 e. The van der Waals surface area contributed by atoms with Crippen LogP contribution < -0.4 is 0 Å². The van der Waals surface area contributed by atoms with E-state index in [9.17, 15) is 9.90 Å². The summed E-state index contributed by atoms with van der Waals surface area (Å²) in [6.07, 6.45) is 2.32. The van der Waals surface area contributed by atoms with Gasteiger partial charge >= 0.3 is 5.97 Å². The minimum atomic E-state index is -0.236. The van der Waals surface area contributed by atoms with E-state index in [2.05, 4.69) is 13.8 Å². The smallest absolute Gasteiger partial charge is 0.308 e. The van der Waals surface area contributed by atoms with Crippen molar-refractivity contribution in [1.29, 1.82) is 0 Å². The fraction of sp³-hybridized carbons (Fsp3) is 0.588. The second kappa shape index (κ2) is 7.93. The SMILES string of the molecule is CCCOC(=O)C(C)Cc1cccc(C(C)CC)c1O. The zero-order valence-electron chi connectivity index (χ0n) is 13.0. The molecule has 0 aliphatic heterocycles. The Labute approximate surface area is 122 Å². The Morgan fingerprint density at radius 2 is 2.00 bits per heavy atom. The highest BCUT2D eigenvalue weighted by molar-refractivity contribution is 5.72. The molecule has 0 bridgehead atoms. The molecule has 0 amide bonds. The Hall–Kier alpha value is -1.51. The summed E-state index contributed by atoms with van der Waals surface area (Å²) in [7, 11) is 0. The van der Waals surface area contributed by atoms with E-state index in [-0.39, 0.29) is 11.9 Å². The van der Waals surface area contributed by atoms with Gasteiger partial charge in [0.1, 0.15) is 5.75 Å². The molecule has 2 atom stereocenters. The lowest BCUT2D eigenvalue weighted by atomic mass is 9.92. The van der Waals surface area contributed by atoms with Gasteiger partial charge in [-0.1, -0.05) is 45.9 Å². The van der Waals surface area contributed by atoms with Crippen molar-refractivity contribution in [1.82, 2.24) is 0 Å². The number of phenols is 1. The summed E-state index contributed by atoms with van der Waals surface area (Å²) in [6.45, 7) is 8.47. The van der Waals surface area contributed by atoms with Gasteiger partial charge in [-0.25, -0.2) is 0 Å². The van der Waals surface area contributed by atoms with Crippen LogP contribution in [0.15, 0.2) is 18.2 Å². The quantitative estimate of drug-likeness (QED) is 0.766. The molecule has 3 nitrogen and oxygen atoms in total. The molecule has 0 heterocycles. The maximum absolute atomic E-state index is 11.8. The first-order valence-electron chi connectivity index (χ1n) is 7.48. The van der Waals surface area contributed by atoms with E-state index in [4.69, 9.17) is 4.74 Å². The summed E-state index contributed by atoms with van der Waals surface area (Å²) in [4.78, 5) is 11.8. The van der Waals surface area contributed by atoms with Gasteiger partial charge in [-0.2, -0.15) is 0 Å². The van der Waals surface area contributed by atoms with Crippen molar-refractivity contribution < 1.29 is 14.6 Å². The van der Waals surface area contributed by atoms with Crippen molar-refractivity contribution >= 4 is 5.97 Å². The third kappa shape index (κ3) is 4.26. The predicted molar refractivity (Wildman–Crippen MR) is 80.9 cm³/mol. The van der Waals surface area contributed by atoms with Gasteiger partial charge in [-0.05, 0) is 36.3 Å². The number of hydrogen-bond acceptors (Lipinski definition) is 3. The fourth-order valence-corrected chi connectivity index (χ4v) is 2.15. The average molecular weight is 278 g/mol. The van der Waals surface area contributed by atoms with Gasteiger partial charge in [0, 0.05) is 0 Å². The number of phenolic OH excluding ortho intramolecular Hbond substituents is 1. The number of rotatable bonds is 7. The monoisotopic (exact) mass is 278 g/mol. The Bertz CT molecular complexity index is 440. The van der Waals surface area contributed by atoms with Crippen LogP contribution >= 0.6 is 0 Å². The van der Waals surface area contributed by atoms with Gasteiger partial charge in [0.2, 0.25) is 0 Å². The van der Waals surface area contributed by atoms with E-state index in [1.165, 1.54) is 0 Å². The first-order valence-corrected chi connectivity index (χ1v) is 7.48. The molecule has 2 unspecified atom stereocenters. The van der Waals surface area contributed by atoms with Crippen LogP contribution in [0.3, 0.4) is 0 Å². The Kier molecular flexibility index (Phi) is 6.56. The van der Waals surface area contributed by atoms with Crippen LogP contribution in [0.2, 0.25) is 0 Å². The zero-order chi connectivity index (χ0) is 15.1. The normalized spacial score (nSPS) is 13.8. The van der Waals surface area contributed by atoms with Gasteiger partial charge in [0.05, 0.1) is 12.5 Å². The van der Waals surface area contributed by atoms with Gasteiger partial charge in [0.25, 0.3) is 0 Å². The van der Waals surface area contributed by atoms with Crippen molar-refractivity contribution in [3.8, 4) is 5.75 Å². The molecule has 1 N–H and O–H groups in total. The molecule has 112 valence electrons. The number of carbonyl (C=O) groups excluding carboxylic acids is 1. The van der Waals surface area contributed by atoms with E-state index >= 15 is 0 Å². The Morgan fingerprint density at radius 3 is 2.60 bits per heavy atom. The van der Waals surface area contributed by atoms with Crippen LogP contribution in [0, 0.1) is 5.92 Å². The number of aromatic hydroxyl groups is 1. The molecule has 3 heteroatoms. The topological polar surface area (TPSA) is 46.5 Å². The van der Waals surface area contributed by atoms with E-state index in [0.29, 0.717) is 24.7 Å². The molecule has 0 aliphatic rings. The Balaban J connectivity index is 2.80. The number of ether oxygens (including phenoxy) is 1. The lowest BCUT2D eigenvalue weighted by molar-refractivity contribution is -0.147. The van der Waals surface area contributed by atoms with Crippen molar-refractivity contribution in [2.24, 2.45) is 5.92 Å². The van der Waals surface area contributed by atoms with Gasteiger partial charge < -0.3 is 9.84 Å². The maximum atomic E-state index is 11.8. The van der Waals surface area contributed by atoms with Crippen molar-refractivity contribution in [2.45, 2.75) is 52.9 Å². The number of benzene rings is 1. The molecule has 0 saturated heterocycles. The van der Waals surface area contributed by atoms with Crippen molar-refractivity contribution in [2.75, 3.05) is 6.61 Å². The maximum Gasteiger partial charge on any atom is 0.308 e. The molecular weight excluding hydrogens is 252 g/mol. The highest BCUT2D eigenvalue weighted by Crippen LogP contribution is 2.32. The highest BCUT2D eigenvalue weighted by Gasteiger charge is 2.18. The van der Waals surface area contributed by atoms with Gasteiger partial charge in [0.15, 0.2) is 0 Å². The molecule has 0 aromatic heterocycles. The lowest BCUT2D eigenvalue weighted by Gasteiger charge is -2.16. The third-order valence-electron chi connectivity index (χ3n) is 3.67. The predicted octanol–water partition coefficient (Wildman–Crippen LogP) is 4.04. The van der Waals surface area contributed by atoms with Crippen LogP contribution in [0.25, 0.3) is 0 Å². The Morgan fingerprint density at radius 1 is 1.30 bits per heavy atom. The summed E-state index contributed by atoms with van der Waals surface area (Å²) in [5.74, 6) is 0.217. The van der Waals surface area contributed by atoms with E-state index in [1.54, 1.807) is 0 Å². The third-order valence-corrected chi connectivity index (χ3v) is 3.67. The van der Waals surface area contributed by atoms with Crippen LogP contribution in [-0.4, -0.2) is 17.7 Å². The van der Waals surface area contributed by atoms with Crippen molar-refractivity contribution in [3.63, 3.8) is 0 Å². The molecular formula is C17H26O3. The number of para-hydroxylation sites is 1. The van der Waals surface area contributed by atoms with Crippen LogP contribution in [0.5, 0.6) is 5.75 Å². The van der Waals surface area contributed by atoms with E-state index < -0.39 is 0 Å². The average Bonchev–Trinajstić information content (AvgIpc) is 2.45. The summed E-state index contributed by atoms with van der Waals surface area (Å²) in [5, 5.41) is 10.3. The number of esters is 1. The molecule has 0 spiro atoms. The van der Waals surface area contributed by atoms with Crippen LogP contribution in [0.1, 0.15) is 57.6 Å². The second-order valence-corrected chi connectivity index (χ2v) is 5.44. The van der Waals surface area contributed by atoms with Crippen molar-refractivity contribution in [3.05, 3.63) is 29.3 Å². The lowest BCUT2D eigenvalue weighted by Crippen LogP contribution is -2.17. The molecule has 0 saturated carbocycles. The standard InChI is InChI=1S/C17H26O3/c1-5-10-20-17(19)13(4)11-14-8-7-9-15(16(14)18)12(3)6-2/h7-9,12-13,18H,5-6,10-11H2,1-4H3. The number of hydrogen-bond donors (Lipinski definition) is 1. The minimum absolute atomic E-state index is 0.194. The van der Waals surface area contributed by atoms with E-state index in [0.717, 1.165) is 24.0 Å². The van der Waals surface area contributed by atoms with Gasteiger partial charge in [-0.15, -0.1) is 0 Å². The van der Waals surface area contributed by atoms with Crippen LogP contribution in [-0.2, 0) is 16.0 Å². The van der Waals surface area contributed by atoms with Gasteiger partial charge in [-0.3, -0.25) is 4.79 Å². The molecule has 0 aliphatic carbocycles. The molecule has 0 fully saturated rings. The zero-order valence-corrected chi connectivity index (χ0v) is 13.0. The summed E-state index contributed by atoms with van der Waals surface area (Å²) < 4.78 is 5.14.